The van der Waals surface area contributed by atoms with E-state index < -0.39 is 4.92 Å². The summed E-state index contributed by atoms with van der Waals surface area (Å²) in [5.74, 6) is -0.275. The highest BCUT2D eigenvalue weighted by Gasteiger charge is 2.42. The highest BCUT2D eigenvalue weighted by Crippen LogP contribution is 2.44. The number of nitrogens with zero attached hydrogens (tertiary/aromatic N) is 4. The van der Waals surface area contributed by atoms with E-state index in [2.05, 4.69) is 32.8 Å². The fourth-order valence-electron chi connectivity index (χ4n) is 5.47. The van der Waals surface area contributed by atoms with Crippen LogP contribution in [0.15, 0.2) is 113 Å². The van der Waals surface area contributed by atoms with Gasteiger partial charge in [0.05, 0.1) is 22.7 Å². The minimum atomic E-state index is -0.401. The number of benzene rings is 3. The Morgan fingerprint density at radius 1 is 0.929 bits per heavy atom. The normalized spacial score (nSPS) is 16.5. The molecule has 6 rings (SSSR count). The van der Waals surface area contributed by atoms with Crippen molar-refractivity contribution in [1.82, 2.24) is 14.9 Å². The molecule has 0 aliphatic carbocycles. The van der Waals surface area contributed by atoms with E-state index in [-0.39, 0.29) is 23.6 Å². The molecule has 0 radical (unpaired) electrons. The topological polar surface area (TPSA) is 76.2 Å². The molecule has 1 N–H and O–H groups in total. The van der Waals surface area contributed by atoms with Gasteiger partial charge in [0.2, 0.25) is 0 Å². The van der Waals surface area contributed by atoms with E-state index in [1.165, 1.54) is 36.0 Å². The maximum Gasteiger partial charge on any atom is 0.269 e. The summed E-state index contributed by atoms with van der Waals surface area (Å²) in [6, 6.07) is 28.8. The van der Waals surface area contributed by atoms with Gasteiger partial charge >= 0.3 is 0 Å². The van der Waals surface area contributed by atoms with Crippen molar-refractivity contribution in [2.24, 2.45) is 0 Å². The van der Waals surface area contributed by atoms with Crippen molar-refractivity contribution in [2.75, 3.05) is 4.90 Å². The van der Waals surface area contributed by atoms with Crippen molar-refractivity contribution in [3.63, 3.8) is 0 Å². The van der Waals surface area contributed by atoms with Crippen LogP contribution in [0.5, 0.6) is 0 Å². The zero-order valence-corrected chi connectivity index (χ0v) is 24.4. The van der Waals surface area contributed by atoms with E-state index in [1.54, 1.807) is 30.5 Å². The lowest BCUT2D eigenvalue weighted by molar-refractivity contribution is -0.384. The molecule has 10 heteroatoms. The highest BCUT2D eigenvalue weighted by molar-refractivity contribution is 7.99. The molecule has 210 valence electrons. The average Bonchev–Trinajstić information content (AvgIpc) is 3.49. The second-order valence-electron chi connectivity index (χ2n) is 9.98. The zero-order valence-electron chi connectivity index (χ0n) is 22.8. The highest BCUT2D eigenvalue weighted by atomic mass is 32.2. The van der Waals surface area contributed by atoms with Gasteiger partial charge in [0, 0.05) is 50.9 Å². The standard InChI is InChI=1S/C32H26FN5O2S2/c1-20-19-28(21(2)36(20)23-8-6-22(33)7-9-23)31-30(29-5-3-4-18-34-29)35-32(41)37(31)24-10-14-26(15-11-24)42-27-16-12-25(13-17-27)38(39)40/h3-19,30-31H,1-2H3,(H,35,41). The molecule has 7 nitrogen and oxygen atoms in total. The number of nitrogens with one attached hydrogen (secondary N) is 1. The first-order valence-electron chi connectivity index (χ1n) is 13.3. The molecule has 0 spiro atoms. The number of thiocarbonyl (C=S) groups is 1. The number of anilines is 1. The maximum atomic E-state index is 13.7. The van der Waals surface area contributed by atoms with Crippen LogP contribution >= 0.6 is 24.0 Å². The Bertz CT molecular complexity index is 1760. The number of aromatic nitrogens is 2. The molecule has 1 saturated heterocycles. The second-order valence-corrected chi connectivity index (χ2v) is 11.5. The predicted octanol–water partition coefficient (Wildman–Crippen LogP) is 7.86. The third kappa shape index (κ3) is 5.26. The molecule has 0 saturated carbocycles. The van der Waals surface area contributed by atoms with Crippen LogP contribution in [0.2, 0.25) is 0 Å². The number of pyridine rings is 1. The lowest BCUT2D eigenvalue weighted by Gasteiger charge is -2.28. The maximum absolute atomic E-state index is 13.7. The Hall–Kier alpha value is -4.54. The largest absolute Gasteiger partial charge is 0.351 e. The van der Waals surface area contributed by atoms with E-state index in [9.17, 15) is 14.5 Å². The van der Waals surface area contributed by atoms with Crippen LogP contribution in [0.3, 0.4) is 0 Å². The van der Waals surface area contributed by atoms with Gasteiger partial charge in [-0.25, -0.2) is 4.39 Å². The summed E-state index contributed by atoms with van der Waals surface area (Å²) in [6.45, 7) is 4.12. The van der Waals surface area contributed by atoms with Crippen LogP contribution in [0.1, 0.15) is 34.7 Å². The summed E-state index contributed by atoms with van der Waals surface area (Å²) in [5.41, 5.74) is 5.91. The van der Waals surface area contributed by atoms with E-state index in [1.807, 2.05) is 49.4 Å². The van der Waals surface area contributed by atoms with E-state index in [4.69, 9.17) is 12.2 Å². The summed E-state index contributed by atoms with van der Waals surface area (Å²) >= 11 is 7.45. The van der Waals surface area contributed by atoms with Crippen molar-refractivity contribution >= 4 is 40.5 Å². The summed E-state index contributed by atoms with van der Waals surface area (Å²) in [4.78, 5) is 19.3. The first kappa shape index (κ1) is 27.6. The minimum Gasteiger partial charge on any atom is -0.351 e. The Kier molecular flexibility index (Phi) is 7.49. The molecule has 2 unspecified atom stereocenters. The lowest BCUT2D eigenvalue weighted by Crippen LogP contribution is -2.29. The van der Waals surface area contributed by atoms with Gasteiger partial charge in [0.1, 0.15) is 5.82 Å². The van der Waals surface area contributed by atoms with Crippen LogP contribution in [0.25, 0.3) is 5.69 Å². The van der Waals surface area contributed by atoms with E-state index in [0.717, 1.165) is 43.8 Å². The fourth-order valence-corrected chi connectivity index (χ4v) is 6.63. The number of aryl methyl sites for hydroxylation is 1. The van der Waals surface area contributed by atoms with E-state index in [0.29, 0.717) is 5.11 Å². The Morgan fingerprint density at radius 3 is 2.19 bits per heavy atom. The van der Waals surface area contributed by atoms with Gasteiger partial charge < -0.3 is 14.8 Å². The fraction of sp³-hybridized carbons (Fsp3) is 0.125. The number of halogens is 1. The summed E-state index contributed by atoms with van der Waals surface area (Å²) in [7, 11) is 0. The van der Waals surface area contributed by atoms with Crippen LogP contribution in [-0.4, -0.2) is 19.6 Å². The summed E-state index contributed by atoms with van der Waals surface area (Å²) in [6.07, 6.45) is 1.78. The number of rotatable bonds is 7. The van der Waals surface area contributed by atoms with Gasteiger partial charge in [-0.2, -0.15) is 0 Å². The zero-order chi connectivity index (χ0) is 29.4. The smallest absolute Gasteiger partial charge is 0.269 e. The number of nitro groups is 1. The monoisotopic (exact) mass is 595 g/mol. The second kappa shape index (κ2) is 11.4. The van der Waals surface area contributed by atoms with E-state index >= 15 is 0 Å². The predicted molar refractivity (Wildman–Crippen MR) is 167 cm³/mol. The molecule has 0 bridgehead atoms. The molecule has 3 aromatic carbocycles. The van der Waals surface area contributed by atoms with Crippen molar-refractivity contribution in [2.45, 2.75) is 35.7 Å². The van der Waals surface area contributed by atoms with Gasteiger partial charge in [0.25, 0.3) is 5.69 Å². The molecule has 5 aromatic rings. The van der Waals surface area contributed by atoms with Crippen molar-refractivity contribution in [3.05, 3.63) is 142 Å². The average molecular weight is 596 g/mol. The first-order chi connectivity index (χ1) is 20.3. The van der Waals surface area contributed by atoms with Gasteiger partial charge in [-0.05, 0) is 110 Å². The van der Waals surface area contributed by atoms with Gasteiger partial charge in [-0.3, -0.25) is 15.1 Å². The first-order valence-corrected chi connectivity index (χ1v) is 14.5. The molecular weight excluding hydrogens is 570 g/mol. The number of hydrogen-bond donors (Lipinski definition) is 1. The van der Waals surface area contributed by atoms with Crippen LogP contribution in [0, 0.1) is 29.8 Å². The van der Waals surface area contributed by atoms with Crippen molar-refractivity contribution in [3.8, 4) is 5.69 Å². The number of hydrogen-bond acceptors (Lipinski definition) is 5. The molecule has 2 aromatic heterocycles. The molecule has 0 amide bonds. The Morgan fingerprint density at radius 2 is 1.57 bits per heavy atom. The third-order valence-electron chi connectivity index (χ3n) is 7.37. The molecular formula is C32H26FN5O2S2. The van der Waals surface area contributed by atoms with Gasteiger partial charge in [0.15, 0.2) is 5.11 Å². The minimum absolute atomic E-state index is 0.0667. The number of non-ortho nitro benzene ring substituents is 1. The van der Waals surface area contributed by atoms with Crippen LogP contribution in [-0.2, 0) is 0 Å². The Balaban J connectivity index is 1.37. The molecule has 2 atom stereocenters. The molecule has 1 fully saturated rings. The van der Waals surface area contributed by atoms with Crippen LogP contribution < -0.4 is 10.2 Å². The summed E-state index contributed by atoms with van der Waals surface area (Å²) in [5, 5.41) is 15.1. The molecule has 3 heterocycles. The van der Waals surface area contributed by atoms with Gasteiger partial charge in [-0.1, -0.05) is 17.8 Å². The number of nitro benzene ring substituents is 1. The quantitative estimate of drug-likeness (QED) is 0.117. The molecule has 42 heavy (non-hydrogen) atoms. The van der Waals surface area contributed by atoms with Crippen molar-refractivity contribution < 1.29 is 9.31 Å². The summed E-state index contributed by atoms with van der Waals surface area (Å²) < 4.78 is 15.8. The molecule has 1 aliphatic rings. The van der Waals surface area contributed by atoms with Crippen molar-refractivity contribution in [1.29, 1.82) is 0 Å². The SMILES string of the molecule is Cc1cc(C2C(c3ccccn3)NC(=S)N2c2ccc(Sc3ccc([N+](=O)[O-])cc3)cc2)c(C)n1-c1ccc(F)cc1. The van der Waals surface area contributed by atoms with Crippen LogP contribution in [0.4, 0.5) is 15.8 Å². The Labute approximate surface area is 252 Å². The van der Waals surface area contributed by atoms with Gasteiger partial charge in [-0.15, -0.1) is 0 Å². The molecule has 1 aliphatic heterocycles. The lowest BCUT2D eigenvalue weighted by atomic mass is 9.96. The third-order valence-corrected chi connectivity index (χ3v) is 8.70.